The van der Waals surface area contributed by atoms with Crippen LogP contribution in [0.25, 0.3) is 0 Å². The lowest BCUT2D eigenvalue weighted by atomic mass is 10.1. The van der Waals surface area contributed by atoms with Crippen LogP contribution in [0.2, 0.25) is 5.15 Å². The van der Waals surface area contributed by atoms with Gasteiger partial charge in [-0.1, -0.05) is 11.6 Å². The van der Waals surface area contributed by atoms with Gasteiger partial charge in [0.15, 0.2) is 0 Å². The van der Waals surface area contributed by atoms with E-state index in [0.717, 1.165) is 6.20 Å². The number of pyridine rings is 1. The van der Waals surface area contributed by atoms with E-state index >= 15 is 0 Å². The van der Waals surface area contributed by atoms with Crippen LogP contribution >= 0.6 is 11.6 Å². The van der Waals surface area contributed by atoms with E-state index in [1.165, 1.54) is 12.1 Å². The largest absolute Gasteiger partial charge is 0.330 e. The molecule has 0 aromatic carbocycles. The Labute approximate surface area is 79.7 Å². The van der Waals surface area contributed by atoms with Gasteiger partial charge in [0.2, 0.25) is 0 Å². The zero-order chi connectivity index (χ0) is 9.90. The van der Waals surface area contributed by atoms with Gasteiger partial charge in [-0.25, -0.2) is 13.8 Å². The van der Waals surface area contributed by atoms with Gasteiger partial charge in [-0.3, -0.25) is 0 Å². The molecular weight excluding hydrogens is 198 g/mol. The minimum absolute atomic E-state index is 0.0599. The van der Waals surface area contributed by atoms with Crippen molar-refractivity contribution in [2.24, 2.45) is 5.73 Å². The van der Waals surface area contributed by atoms with Crippen molar-refractivity contribution >= 4 is 11.6 Å². The molecule has 0 aliphatic heterocycles. The van der Waals surface area contributed by atoms with Crippen molar-refractivity contribution in [2.45, 2.75) is 12.3 Å². The van der Waals surface area contributed by atoms with Crippen LogP contribution in [-0.4, -0.2) is 11.5 Å². The molecule has 2 nitrogen and oxygen atoms in total. The minimum Gasteiger partial charge on any atom is -0.330 e. The second-order valence-corrected chi connectivity index (χ2v) is 3.00. The quantitative estimate of drug-likeness (QED) is 0.770. The van der Waals surface area contributed by atoms with Crippen molar-refractivity contribution in [3.63, 3.8) is 0 Å². The maximum Gasteiger partial charge on any atom is 0.275 e. The van der Waals surface area contributed by atoms with E-state index in [2.05, 4.69) is 4.98 Å². The summed E-state index contributed by atoms with van der Waals surface area (Å²) >= 11 is 5.46. The fourth-order valence-corrected chi connectivity index (χ4v) is 1.03. The first-order valence-electron chi connectivity index (χ1n) is 3.76. The molecule has 0 atom stereocenters. The van der Waals surface area contributed by atoms with Gasteiger partial charge < -0.3 is 5.73 Å². The van der Waals surface area contributed by atoms with E-state index in [4.69, 9.17) is 17.3 Å². The minimum atomic E-state index is -2.91. The Bertz CT molecular complexity index is 274. The van der Waals surface area contributed by atoms with Gasteiger partial charge >= 0.3 is 0 Å². The summed E-state index contributed by atoms with van der Waals surface area (Å²) in [5, 5.41) is 0.201. The molecule has 1 aromatic rings. The monoisotopic (exact) mass is 206 g/mol. The van der Waals surface area contributed by atoms with Gasteiger partial charge in [-0.15, -0.1) is 0 Å². The predicted molar refractivity (Wildman–Crippen MR) is 46.8 cm³/mol. The van der Waals surface area contributed by atoms with E-state index in [1.807, 2.05) is 0 Å². The number of rotatable bonds is 3. The second kappa shape index (κ2) is 3.98. The molecule has 0 spiro atoms. The molecule has 5 heteroatoms. The van der Waals surface area contributed by atoms with Crippen molar-refractivity contribution in [1.82, 2.24) is 4.98 Å². The van der Waals surface area contributed by atoms with Crippen LogP contribution in [0.15, 0.2) is 18.3 Å². The highest BCUT2D eigenvalue weighted by Crippen LogP contribution is 2.30. The molecule has 0 saturated heterocycles. The van der Waals surface area contributed by atoms with Gasteiger partial charge in [0, 0.05) is 18.2 Å². The summed E-state index contributed by atoms with van der Waals surface area (Å²) in [7, 11) is 0. The third kappa shape index (κ3) is 2.60. The van der Waals surface area contributed by atoms with Crippen LogP contribution in [0.3, 0.4) is 0 Å². The van der Waals surface area contributed by atoms with E-state index < -0.39 is 5.92 Å². The van der Waals surface area contributed by atoms with Crippen molar-refractivity contribution in [3.05, 3.63) is 29.0 Å². The molecule has 0 unspecified atom stereocenters. The lowest BCUT2D eigenvalue weighted by molar-refractivity contribution is -0.0110. The Kier molecular flexibility index (Phi) is 3.17. The summed E-state index contributed by atoms with van der Waals surface area (Å²) < 4.78 is 26.2. The average Bonchev–Trinajstić information content (AvgIpc) is 2.05. The number of halogens is 3. The van der Waals surface area contributed by atoms with Gasteiger partial charge in [-0.05, 0) is 18.7 Å². The lowest BCUT2D eigenvalue weighted by Crippen LogP contribution is -2.18. The molecule has 0 bridgehead atoms. The molecule has 0 aliphatic rings. The standard InChI is InChI=1S/C8H9ClF2N2/c9-7-2-1-6(5-13-7)8(10,11)3-4-12/h1-2,5H,3-4,12H2. The summed E-state index contributed by atoms with van der Waals surface area (Å²) in [6.07, 6.45) is 0.689. The Hall–Kier alpha value is -0.740. The highest BCUT2D eigenvalue weighted by atomic mass is 35.5. The Morgan fingerprint density at radius 1 is 1.46 bits per heavy atom. The number of aromatic nitrogens is 1. The number of nitrogens with two attached hydrogens (primary N) is 1. The van der Waals surface area contributed by atoms with Crippen molar-refractivity contribution in [2.75, 3.05) is 6.54 Å². The molecule has 0 radical (unpaired) electrons. The van der Waals surface area contributed by atoms with Crippen LogP contribution in [0.1, 0.15) is 12.0 Å². The first-order chi connectivity index (χ1) is 6.06. The lowest BCUT2D eigenvalue weighted by Gasteiger charge is -2.14. The zero-order valence-electron chi connectivity index (χ0n) is 6.80. The van der Waals surface area contributed by atoms with E-state index in [0.29, 0.717) is 0 Å². The number of hydrogen-bond donors (Lipinski definition) is 1. The molecular formula is C8H9ClF2N2. The summed E-state index contributed by atoms with van der Waals surface area (Å²) in [4.78, 5) is 3.57. The molecule has 0 saturated carbocycles. The summed E-state index contributed by atoms with van der Waals surface area (Å²) in [6, 6.07) is 2.59. The van der Waals surface area contributed by atoms with Crippen LogP contribution in [0.5, 0.6) is 0 Å². The Morgan fingerprint density at radius 2 is 2.15 bits per heavy atom. The third-order valence-corrected chi connectivity index (χ3v) is 1.83. The van der Waals surface area contributed by atoms with E-state index in [9.17, 15) is 8.78 Å². The van der Waals surface area contributed by atoms with Crippen LogP contribution in [-0.2, 0) is 5.92 Å². The molecule has 72 valence electrons. The summed E-state index contributed by atoms with van der Waals surface area (Å²) in [5.74, 6) is -2.91. The van der Waals surface area contributed by atoms with Gasteiger partial charge in [0.05, 0.1) is 0 Å². The number of nitrogens with zero attached hydrogens (tertiary/aromatic N) is 1. The first-order valence-corrected chi connectivity index (χ1v) is 4.14. The molecule has 13 heavy (non-hydrogen) atoms. The maximum absolute atomic E-state index is 13.1. The highest BCUT2D eigenvalue weighted by molar-refractivity contribution is 6.29. The van der Waals surface area contributed by atoms with Crippen LogP contribution in [0.4, 0.5) is 8.78 Å². The van der Waals surface area contributed by atoms with Crippen molar-refractivity contribution < 1.29 is 8.78 Å². The summed E-state index contributed by atoms with van der Waals surface area (Å²) in [6.45, 7) is -0.0599. The van der Waals surface area contributed by atoms with Crippen LogP contribution < -0.4 is 5.73 Å². The third-order valence-electron chi connectivity index (χ3n) is 1.61. The highest BCUT2D eigenvalue weighted by Gasteiger charge is 2.30. The number of hydrogen-bond acceptors (Lipinski definition) is 2. The van der Waals surface area contributed by atoms with Gasteiger partial charge in [-0.2, -0.15) is 0 Å². The average molecular weight is 207 g/mol. The smallest absolute Gasteiger partial charge is 0.275 e. The topological polar surface area (TPSA) is 38.9 Å². The SMILES string of the molecule is NCCC(F)(F)c1ccc(Cl)nc1. The molecule has 1 heterocycles. The van der Waals surface area contributed by atoms with Gasteiger partial charge in [0.25, 0.3) is 5.92 Å². The Morgan fingerprint density at radius 3 is 2.62 bits per heavy atom. The van der Waals surface area contributed by atoms with E-state index in [1.54, 1.807) is 0 Å². The molecule has 1 aromatic heterocycles. The number of alkyl halides is 2. The molecule has 2 N–H and O–H groups in total. The Balaban J connectivity index is 2.87. The van der Waals surface area contributed by atoms with Crippen molar-refractivity contribution in [1.29, 1.82) is 0 Å². The fourth-order valence-electron chi connectivity index (χ4n) is 0.918. The normalized spacial score (nSPS) is 11.7. The van der Waals surface area contributed by atoms with Crippen molar-refractivity contribution in [3.8, 4) is 0 Å². The second-order valence-electron chi connectivity index (χ2n) is 2.61. The first kappa shape index (κ1) is 10.3. The zero-order valence-corrected chi connectivity index (χ0v) is 7.56. The molecule has 0 amide bonds. The van der Waals surface area contributed by atoms with Gasteiger partial charge in [0.1, 0.15) is 5.15 Å². The predicted octanol–water partition coefficient (Wildman–Crippen LogP) is 2.18. The molecule has 0 fully saturated rings. The maximum atomic E-state index is 13.1. The molecule has 0 aliphatic carbocycles. The van der Waals surface area contributed by atoms with Crippen LogP contribution in [0, 0.1) is 0 Å². The van der Waals surface area contributed by atoms with E-state index in [-0.39, 0.29) is 23.7 Å². The summed E-state index contributed by atoms with van der Waals surface area (Å²) in [5.41, 5.74) is 4.90. The fraction of sp³-hybridized carbons (Fsp3) is 0.375. The molecule has 1 rings (SSSR count).